The SMILES string of the molecule is c1ccc(CCN2CCN(C3CCOC4(CCOCC4)C3)CC2)nc1. The molecule has 1 aromatic rings. The van der Waals surface area contributed by atoms with Crippen LogP contribution in [0, 0.1) is 0 Å². The first kappa shape index (κ1) is 17.4. The van der Waals surface area contributed by atoms with Crippen LogP contribution in [0.1, 0.15) is 31.4 Å². The molecule has 25 heavy (non-hydrogen) atoms. The molecule has 0 amide bonds. The Morgan fingerprint density at radius 2 is 1.92 bits per heavy atom. The van der Waals surface area contributed by atoms with Gasteiger partial charge in [0.15, 0.2) is 0 Å². The van der Waals surface area contributed by atoms with Gasteiger partial charge in [-0.2, -0.15) is 0 Å². The molecule has 0 aromatic carbocycles. The van der Waals surface area contributed by atoms with Gasteiger partial charge >= 0.3 is 0 Å². The van der Waals surface area contributed by atoms with Gasteiger partial charge in [0, 0.05) is 76.9 Å². The zero-order valence-corrected chi connectivity index (χ0v) is 15.2. The second-order valence-electron chi connectivity index (χ2n) is 7.74. The molecule has 0 radical (unpaired) electrons. The summed E-state index contributed by atoms with van der Waals surface area (Å²) in [5.74, 6) is 0. The Balaban J connectivity index is 1.24. The van der Waals surface area contributed by atoms with Crippen molar-refractivity contribution < 1.29 is 9.47 Å². The molecule has 5 nitrogen and oxygen atoms in total. The fraction of sp³-hybridized carbons (Fsp3) is 0.750. The van der Waals surface area contributed by atoms with E-state index in [4.69, 9.17) is 9.47 Å². The molecule has 0 N–H and O–H groups in total. The van der Waals surface area contributed by atoms with Gasteiger partial charge in [-0.15, -0.1) is 0 Å². The predicted octanol–water partition coefficient (Wildman–Crippen LogP) is 1.97. The maximum atomic E-state index is 6.21. The van der Waals surface area contributed by atoms with E-state index in [-0.39, 0.29) is 5.60 Å². The Morgan fingerprint density at radius 3 is 2.68 bits per heavy atom. The second kappa shape index (κ2) is 8.12. The molecule has 1 atom stereocenters. The number of hydrogen-bond donors (Lipinski definition) is 0. The lowest BCUT2D eigenvalue weighted by Gasteiger charge is -2.48. The summed E-state index contributed by atoms with van der Waals surface area (Å²) in [6.07, 6.45) is 7.49. The average molecular weight is 345 g/mol. The van der Waals surface area contributed by atoms with Crippen molar-refractivity contribution in [2.24, 2.45) is 0 Å². The smallest absolute Gasteiger partial charge is 0.0741 e. The average Bonchev–Trinajstić information content (AvgIpc) is 2.68. The van der Waals surface area contributed by atoms with Crippen LogP contribution in [0.15, 0.2) is 24.4 Å². The van der Waals surface area contributed by atoms with Crippen molar-refractivity contribution in [3.63, 3.8) is 0 Å². The van der Waals surface area contributed by atoms with Crippen molar-refractivity contribution in [1.82, 2.24) is 14.8 Å². The summed E-state index contributed by atoms with van der Waals surface area (Å²) in [5.41, 5.74) is 1.31. The van der Waals surface area contributed by atoms with Crippen LogP contribution >= 0.6 is 0 Å². The topological polar surface area (TPSA) is 37.8 Å². The quantitative estimate of drug-likeness (QED) is 0.834. The third-order valence-corrected chi connectivity index (χ3v) is 6.20. The van der Waals surface area contributed by atoms with Crippen molar-refractivity contribution in [1.29, 1.82) is 0 Å². The Kier molecular flexibility index (Phi) is 5.66. The molecular formula is C20H31N3O2. The number of pyridine rings is 1. The van der Waals surface area contributed by atoms with Crippen LogP contribution in [0.3, 0.4) is 0 Å². The largest absolute Gasteiger partial charge is 0.381 e. The molecular weight excluding hydrogens is 314 g/mol. The highest BCUT2D eigenvalue weighted by Crippen LogP contribution is 2.36. The number of hydrogen-bond acceptors (Lipinski definition) is 5. The molecule has 3 fully saturated rings. The van der Waals surface area contributed by atoms with Crippen LogP contribution in [0.2, 0.25) is 0 Å². The molecule has 0 bridgehead atoms. The molecule has 4 heterocycles. The molecule has 3 saturated heterocycles. The number of aromatic nitrogens is 1. The number of nitrogens with zero attached hydrogens (tertiary/aromatic N) is 3. The van der Waals surface area contributed by atoms with Gasteiger partial charge in [0.1, 0.15) is 0 Å². The third kappa shape index (κ3) is 4.40. The van der Waals surface area contributed by atoms with Crippen LogP contribution in [0.5, 0.6) is 0 Å². The fourth-order valence-corrected chi connectivity index (χ4v) is 4.58. The van der Waals surface area contributed by atoms with Crippen LogP contribution < -0.4 is 0 Å². The molecule has 3 aliphatic rings. The molecule has 1 unspecified atom stereocenters. The van der Waals surface area contributed by atoms with E-state index in [0.717, 1.165) is 45.6 Å². The normalized spacial score (nSPS) is 28.2. The molecule has 0 saturated carbocycles. The third-order valence-electron chi connectivity index (χ3n) is 6.20. The molecule has 3 aliphatic heterocycles. The summed E-state index contributed by atoms with van der Waals surface area (Å²) in [5, 5.41) is 0. The van der Waals surface area contributed by atoms with Gasteiger partial charge < -0.3 is 14.4 Å². The lowest BCUT2D eigenvalue weighted by Crippen LogP contribution is -2.56. The van der Waals surface area contributed by atoms with Crippen molar-refractivity contribution in [2.75, 3.05) is 52.5 Å². The van der Waals surface area contributed by atoms with Crippen molar-refractivity contribution >= 4 is 0 Å². The number of piperazine rings is 1. The van der Waals surface area contributed by atoms with Gasteiger partial charge in [-0.25, -0.2) is 0 Å². The maximum Gasteiger partial charge on any atom is 0.0741 e. The van der Waals surface area contributed by atoms with E-state index in [0.29, 0.717) is 6.04 Å². The highest BCUT2D eigenvalue weighted by Gasteiger charge is 2.41. The lowest BCUT2D eigenvalue weighted by atomic mass is 9.83. The number of ether oxygens (including phenoxy) is 2. The highest BCUT2D eigenvalue weighted by molar-refractivity contribution is 5.04. The summed E-state index contributed by atoms with van der Waals surface area (Å²) < 4.78 is 11.8. The van der Waals surface area contributed by atoms with Crippen LogP contribution in [-0.4, -0.2) is 79.0 Å². The van der Waals surface area contributed by atoms with Crippen LogP contribution in [-0.2, 0) is 15.9 Å². The number of rotatable bonds is 4. The van der Waals surface area contributed by atoms with Crippen LogP contribution in [0.25, 0.3) is 0 Å². The molecule has 1 aromatic heterocycles. The van der Waals surface area contributed by atoms with Crippen molar-refractivity contribution in [3.05, 3.63) is 30.1 Å². The van der Waals surface area contributed by atoms with Crippen molar-refractivity contribution in [2.45, 2.75) is 43.7 Å². The van der Waals surface area contributed by atoms with Gasteiger partial charge in [-0.1, -0.05) is 6.07 Å². The fourth-order valence-electron chi connectivity index (χ4n) is 4.58. The first-order valence-electron chi connectivity index (χ1n) is 9.91. The van der Waals surface area contributed by atoms with Gasteiger partial charge in [-0.3, -0.25) is 9.88 Å². The maximum absolute atomic E-state index is 6.21. The minimum Gasteiger partial charge on any atom is -0.381 e. The van der Waals surface area contributed by atoms with E-state index >= 15 is 0 Å². The Hall–Kier alpha value is -1.01. The monoisotopic (exact) mass is 345 g/mol. The van der Waals surface area contributed by atoms with E-state index < -0.39 is 0 Å². The zero-order valence-electron chi connectivity index (χ0n) is 15.2. The zero-order chi connectivity index (χ0) is 17.0. The molecule has 5 heteroatoms. The summed E-state index contributed by atoms with van der Waals surface area (Å²) in [7, 11) is 0. The minimum absolute atomic E-state index is 0.108. The van der Waals surface area contributed by atoms with Crippen LogP contribution in [0.4, 0.5) is 0 Å². The second-order valence-corrected chi connectivity index (χ2v) is 7.74. The van der Waals surface area contributed by atoms with Crippen molar-refractivity contribution in [3.8, 4) is 0 Å². The Bertz CT molecular complexity index is 519. The van der Waals surface area contributed by atoms with E-state index in [1.807, 2.05) is 12.3 Å². The summed E-state index contributed by atoms with van der Waals surface area (Å²) in [6.45, 7) is 8.53. The van der Waals surface area contributed by atoms with E-state index in [9.17, 15) is 0 Å². The molecule has 1 spiro atoms. The van der Waals surface area contributed by atoms with E-state index in [2.05, 4.69) is 26.9 Å². The minimum atomic E-state index is 0.108. The Morgan fingerprint density at radius 1 is 1.08 bits per heavy atom. The lowest BCUT2D eigenvalue weighted by molar-refractivity contribution is -0.153. The standard InChI is InChI=1S/C20H31N3O2/c1-2-8-21-18(3-1)4-9-22-10-12-23(13-11-22)19-5-14-25-20(17-19)6-15-24-16-7-20/h1-3,8,19H,4-7,9-17H2. The van der Waals surface area contributed by atoms with E-state index in [1.54, 1.807) is 0 Å². The van der Waals surface area contributed by atoms with Gasteiger partial charge in [0.25, 0.3) is 0 Å². The molecule has 0 aliphatic carbocycles. The summed E-state index contributed by atoms with van der Waals surface area (Å²) in [6, 6.07) is 6.90. The summed E-state index contributed by atoms with van der Waals surface area (Å²) >= 11 is 0. The Labute approximate surface area is 151 Å². The molecule has 4 rings (SSSR count). The van der Waals surface area contributed by atoms with Gasteiger partial charge in [-0.05, 0) is 37.8 Å². The summed E-state index contributed by atoms with van der Waals surface area (Å²) in [4.78, 5) is 9.75. The molecule has 138 valence electrons. The first-order chi connectivity index (χ1) is 12.3. The van der Waals surface area contributed by atoms with Gasteiger partial charge in [0.2, 0.25) is 0 Å². The van der Waals surface area contributed by atoms with E-state index in [1.165, 1.54) is 44.7 Å². The predicted molar refractivity (Wildman–Crippen MR) is 97.7 cm³/mol. The highest BCUT2D eigenvalue weighted by atomic mass is 16.5. The van der Waals surface area contributed by atoms with Gasteiger partial charge in [0.05, 0.1) is 5.60 Å². The first-order valence-corrected chi connectivity index (χ1v) is 9.91.